The number of ether oxygens (including phenoxy) is 1. The Labute approximate surface area is 206 Å². The van der Waals surface area contributed by atoms with E-state index in [0.717, 1.165) is 36.3 Å². The van der Waals surface area contributed by atoms with E-state index in [1.807, 2.05) is 12.3 Å². The summed E-state index contributed by atoms with van der Waals surface area (Å²) in [6.07, 6.45) is 5.32. The van der Waals surface area contributed by atoms with Gasteiger partial charge in [0.2, 0.25) is 0 Å². The minimum absolute atomic E-state index is 0.0159. The van der Waals surface area contributed by atoms with Crippen LogP contribution in [0.15, 0.2) is 46.2 Å². The van der Waals surface area contributed by atoms with Crippen LogP contribution in [0.25, 0.3) is 0 Å². The van der Waals surface area contributed by atoms with Crippen LogP contribution in [0, 0.1) is 11.2 Å². The van der Waals surface area contributed by atoms with Gasteiger partial charge in [-0.25, -0.2) is 4.39 Å². The first-order valence-corrected chi connectivity index (χ1v) is 14.4. The molecule has 0 radical (unpaired) electrons. The summed E-state index contributed by atoms with van der Waals surface area (Å²) >= 11 is 1.44. The molecule has 0 aliphatic carbocycles. The monoisotopic (exact) mass is 511 g/mol. The SMILES string of the molecule is CCCC[C@@]1(CC)CN(c2ccc(F)cc2)c2cc(SC)c(OCCC(=O)O)cc2S(O)(O)C1. The van der Waals surface area contributed by atoms with Crippen molar-refractivity contribution in [3.8, 4) is 5.75 Å². The summed E-state index contributed by atoms with van der Waals surface area (Å²) in [7, 11) is -3.19. The van der Waals surface area contributed by atoms with Crippen molar-refractivity contribution in [3.05, 3.63) is 42.2 Å². The minimum atomic E-state index is -3.19. The van der Waals surface area contributed by atoms with Crippen molar-refractivity contribution >= 4 is 39.7 Å². The third-order valence-corrected chi connectivity index (χ3v) is 9.22. The number of nitrogens with zero attached hydrogens (tertiary/aromatic N) is 1. The van der Waals surface area contributed by atoms with E-state index in [4.69, 9.17) is 9.84 Å². The summed E-state index contributed by atoms with van der Waals surface area (Å²) in [4.78, 5) is 14.2. The molecule has 0 unspecified atom stereocenters. The second kappa shape index (κ2) is 11.2. The van der Waals surface area contributed by atoms with Crippen LogP contribution in [0.1, 0.15) is 46.0 Å². The first-order valence-electron chi connectivity index (χ1n) is 11.5. The molecule has 1 aliphatic rings. The molecule has 0 fully saturated rings. The fourth-order valence-corrected chi connectivity index (χ4v) is 7.24. The van der Waals surface area contributed by atoms with Crippen LogP contribution in [-0.2, 0) is 4.79 Å². The van der Waals surface area contributed by atoms with E-state index in [0.29, 0.717) is 22.9 Å². The molecule has 0 aromatic heterocycles. The molecule has 9 heteroatoms. The number of unbranched alkanes of at least 4 members (excludes halogenated alkanes) is 1. The molecule has 6 nitrogen and oxygen atoms in total. The molecule has 1 heterocycles. The molecule has 2 aromatic rings. The Kier molecular flexibility index (Phi) is 8.78. The van der Waals surface area contributed by atoms with E-state index in [9.17, 15) is 18.3 Å². The molecular weight excluding hydrogens is 477 g/mol. The van der Waals surface area contributed by atoms with Crippen molar-refractivity contribution in [3.63, 3.8) is 0 Å². The Morgan fingerprint density at radius 2 is 1.94 bits per heavy atom. The molecule has 1 aliphatic heterocycles. The molecular formula is C25H34FNO5S2. The highest BCUT2D eigenvalue weighted by molar-refractivity contribution is 8.24. The maximum Gasteiger partial charge on any atom is 0.306 e. The zero-order valence-electron chi connectivity index (χ0n) is 19.9. The van der Waals surface area contributed by atoms with E-state index in [2.05, 4.69) is 18.7 Å². The number of carboxylic acid groups (broad SMARTS) is 1. The molecule has 3 N–H and O–H groups in total. The first-order chi connectivity index (χ1) is 16.1. The average molecular weight is 512 g/mol. The number of hydrogen-bond acceptors (Lipinski definition) is 6. The molecule has 0 amide bonds. The number of carbonyl (C=O) groups is 1. The number of thioether (sulfide) groups is 1. The summed E-state index contributed by atoms with van der Waals surface area (Å²) in [6.45, 7) is 4.76. The van der Waals surface area contributed by atoms with E-state index in [-0.39, 0.29) is 30.0 Å². The van der Waals surface area contributed by atoms with Gasteiger partial charge in [-0.05, 0) is 49.4 Å². The second-order valence-electron chi connectivity index (χ2n) is 8.79. The normalized spacial score (nSPS) is 20.4. The number of benzene rings is 2. The summed E-state index contributed by atoms with van der Waals surface area (Å²) in [5, 5.41) is 8.97. The predicted octanol–water partition coefficient (Wildman–Crippen LogP) is 7.25. The zero-order chi connectivity index (χ0) is 24.9. The number of fused-ring (bicyclic) bond motifs is 1. The van der Waals surface area contributed by atoms with Crippen molar-refractivity contribution in [2.75, 3.05) is 30.1 Å². The summed E-state index contributed by atoms with van der Waals surface area (Å²) in [5.41, 5.74) is 1.10. The zero-order valence-corrected chi connectivity index (χ0v) is 21.6. The number of anilines is 2. The van der Waals surface area contributed by atoms with Gasteiger partial charge in [0.05, 0.1) is 28.5 Å². The molecule has 2 aromatic carbocycles. The van der Waals surface area contributed by atoms with Gasteiger partial charge in [-0.2, -0.15) is 10.6 Å². The topological polar surface area (TPSA) is 90.2 Å². The Balaban J connectivity index is 2.17. The smallest absolute Gasteiger partial charge is 0.306 e. The lowest BCUT2D eigenvalue weighted by atomic mass is 9.81. The summed E-state index contributed by atoms with van der Waals surface area (Å²) < 4.78 is 42.4. The van der Waals surface area contributed by atoms with E-state index >= 15 is 0 Å². The van der Waals surface area contributed by atoms with Gasteiger partial charge in [-0.15, -0.1) is 11.8 Å². The van der Waals surface area contributed by atoms with Gasteiger partial charge in [0.1, 0.15) is 11.6 Å². The van der Waals surface area contributed by atoms with Crippen LogP contribution in [0.3, 0.4) is 0 Å². The molecule has 3 rings (SSSR count). The summed E-state index contributed by atoms with van der Waals surface area (Å²) in [5.74, 6) is -0.628. The predicted molar refractivity (Wildman–Crippen MR) is 138 cm³/mol. The Bertz CT molecular complexity index is 1000. The van der Waals surface area contributed by atoms with Crippen molar-refractivity contribution < 1.29 is 28.1 Å². The van der Waals surface area contributed by atoms with Crippen molar-refractivity contribution in [2.45, 2.75) is 55.7 Å². The van der Waals surface area contributed by atoms with Crippen molar-refractivity contribution in [1.82, 2.24) is 0 Å². The van der Waals surface area contributed by atoms with Gasteiger partial charge in [0, 0.05) is 29.5 Å². The number of rotatable bonds is 10. The molecule has 0 spiro atoms. The number of halogens is 1. The van der Waals surface area contributed by atoms with Gasteiger partial charge in [-0.3, -0.25) is 13.9 Å². The van der Waals surface area contributed by atoms with Crippen LogP contribution in [0.4, 0.5) is 15.8 Å². The van der Waals surface area contributed by atoms with Gasteiger partial charge < -0.3 is 14.7 Å². The Hall–Kier alpha value is -1.94. The Morgan fingerprint density at radius 3 is 2.53 bits per heavy atom. The minimum Gasteiger partial charge on any atom is -0.492 e. The molecule has 0 saturated heterocycles. The standard InChI is InChI=1S/C25H34FNO5S2/c1-4-6-12-25(5-2)16-27(19-9-7-18(26)8-10-19)20-14-22(33-3)21(32-13-11-24(28)29)15-23(20)34(30,31)17-25/h7-10,14-15,30-31H,4-6,11-13,16-17H2,1-3H3,(H,28,29)/t25-/m0/s1. The molecule has 1 atom stereocenters. The van der Waals surface area contributed by atoms with Gasteiger partial charge >= 0.3 is 5.97 Å². The maximum atomic E-state index is 13.7. The quantitative estimate of drug-likeness (QED) is 0.289. The third kappa shape index (κ3) is 6.00. The number of carboxylic acids is 1. The lowest BCUT2D eigenvalue weighted by Gasteiger charge is -2.41. The first kappa shape index (κ1) is 26.7. The maximum absolute atomic E-state index is 13.7. The van der Waals surface area contributed by atoms with Gasteiger partial charge in [0.25, 0.3) is 0 Å². The van der Waals surface area contributed by atoms with E-state index in [1.165, 1.54) is 23.9 Å². The highest BCUT2D eigenvalue weighted by Gasteiger charge is 2.42. The fourth-order valence-electron chi connectivity index (χ4n) is 4.44. The largest absolute Gasteiger partial charge is 0.492 e. The van der Waals surface area contributed by atoms with Gasteiger partial charge in [0.15, 0.2) is 0 Å². The van der Waals surface area contributed by atoms with Crippen molar-refractivity contribution in [1.29, 1.82) is 0 Å². The molecule has 188 valence electrons. The lowest BCUT2D eigenvalue weighted by Crippen LogP contribution is -2.37. The molecule has 0 saturated carbocycles. The number of aliphatic carboxylic acids is 1. The third-order valence-electron chi connectivity index (χ3n) is 6.41. The van der Waals surface area contributed by atoms with Crippen LogP contribution < -0.4 is 9.64 Å². The molecule has 0 bridgehead atoms. The summed E-state index contributed by atoms with van der Waals surface area (Å²) in [6, 6.07) is 9.78. The van der Waals surface area contributed by atoms with Crippen LogP contribution in [-0.4, -0.2) is 45.3 Å². The highest BCUT2D eigenvalue weighted by atomic mass is 32.3. The van der Waals surface area contributed by atoms with Crippen molar-refractivity contribution in [2.24, 2.45) is 5.41 Å². The van der Waals surface area contributed by atoms with Crippen LogP contribution in [0.2, 0.25) is 0 Å². The van der Waals surface area contributed by atoms with Crippen LogP contribution in [0.5, 0.6) is 5.75 Å². The Morgan fingerprint density at radius 1 is 1.24 bits per heavy atom. The number of hydrogen-bond donors (Lipinski definition) is 3. The second-order valence-corrected chi connectivity index (χ2v) is 11.7. The highest BCUT2D eigenvalue weighted by Crippen LogP contribution is 2.62. The molecule has 34 heavy (non-hydrogen) atoms. The van der Waals surface area contributed by atoms with Crippen LogP contribution >= 0.6 is 22.4 Å². The lowest BCUT2D eigenvalue weighted by molar-refractivity contribution is -0.137. The van der Waals surface area contributed by atoms with Gasteiger partial charge in [-0.1, -0.05) is 26.7 Å². The van der Waals surface area contributed by atoms with E-state index in [1.54, 1.807) is 18.2 Å². The van der Waals surface area contributed by atoms with E-state index < -0.39 is 16.6 Å². The average Bonchev–Trinajstić information content (AvgIpc) is 2.90. The fraction of sp³-hybridized carbons (Fsp3) is 0.480.